The maximum absolute atomic E-state index is 12.3. The van der Waals surface area contributed by atoms with Gasteiger partial charge < -0.3 is 13.9 Å². The van der Waals surface area contributed by atoms with Gasteiger partial charge in [-0.2, -0.15) is 0 Å². The summed E-state index contributed by atoms with van der Waals surface area (Å²) in [7, 11) is 0. The summed E-state index contributed by atoms with van der Waals surface area (Å²) in [5.74, 6) is -0.876. The third-order valence-electron chi connectivity index (χ3n) is 4.32. The average molecular weight is 509 g/mol. The zero-order valence-electron chi connectivity index (χ0n) is 16.6. The number of aliphatic imine (C=N–C) groups is 1. The molecule has 0 aliphatic carbocycles. The molecule has 0 spiro atoms. The van der Waals surface area contributed by atoms with Gasteiger partial charge in [0.1, 0.15) is 5.75 Å². The van der Waals surface area contributed by atoms with Crippen LogP contribution in [-0.4, -0.2) is 22.8 Å². The van der Waals surface area contributed by atoms with Crippen LogP contribution in [0.4, 0.5) is 5.69 Å². The van der Waals surface area contributed by atoms with Crippen molar-refractivity contribution in [3.63, 3.8) is 0 Å². The number of benzene rings is 2. The van der Waals surface area contributed by atoms with Gasteiger partial charge in [0.25, 0.3) is 11.6 Å². The molecule has 2 aromatic carbocycles. The highest BCUT2D eigenvalue weighted by atomic mass is 79.9. The number of hydrogen-bond acceptors (Lipinski definition) is 8. The number of furan rings is 1. The standard InChI is InChI=1S/C23H13BrN2O7/c24-16-7-8-19(32-21(27)9-6-14-3-1-4-17(11-14)26(29)30)15(12-16)13-18-23(28)33-22(25-18)20-5-2-10-31-20/h1-13H/b9-6+,18-13+. The molecular weight excluding hydrogens is 496 g/mol. The minimum Gasteiger partial charge on any atom is -0.459 e. The number of nitrogens with zero attached hydrogens (tertiary/aromatic N) is 2. The third-order valence-corrected chi connectivity index (χ3v) is 4.81. The van der Waals surface area contributed by atoms with Crippen molar-refractivity contribution >= 4 is 51.6 Å². The Hall–Kier alpha value is -4.31. The highest BCUT2D eigenvalue weighted by Gasteiger charge is 2.26. The summed E-state index contributed by atoms with van der Waals surface area (Å²) in [6, 6.07) is 13.9. The Morgan fingerprint density at radius 2 is 2.00 bits per heavy atom. The van der Waals surface area contributed by atoms with Gasteiger partial charge in [-0.15, -0.1) is 0 Å². The van der Waals surface area contributed by atoms with E-state index in [4.69, 9.17) is 13.9 Å². The van der Waals surface area contributed by atoms with Crippen molar-refractivity contribution in [2.24, 2.45) is 4.99 Å². The van der Waals surface area contributed by atoms with E-state index in [0.29, 0.717) is 21.4 Å². The summed E-state index contributed by atoms with van der Waals surface area (Å²) in [5.41, 5.74) is 0.778. The first-order chi connectivity index (χ1) is 15.9. The fourth-order valence-electron chi connectivity index (χ4n) is 2.84. The van der Waals surface area contributed by atoms with Gasteiger partial charge in [-0.05, 0) is 48.0 Å². The number of carbonyl (C=O) groups excluding carboxylic acids is 2. The van der Waals surface area contributed by atoms with E-state index >= 15 is 0 Å². The average Bonchev–Trinajstić information content (AvgIpc) is 3.45. The van der Waals surface area contributed by atoms with E-state index in [1.165, 1.54) is 36.6 Å². The number of halogens is 1. The first-order valence-electron chi connectivity index (χ1n) is 9.39. The predicted octanol–water partition coefficient (Wildman–Crippen LogP) is 4.91. The number of hydrogen-bond donors (Lipinski definition) is 0. The fraction of sp³-hybridized carbons (Fsp3) is 0. The Labute approximate surface area is 194 Å². The first kappa shape index (κ1) is 21.9. The van der Waals surface area contributed by atoms with Crippen molar-refractivity contribution in [3.05, 3.63) is 104 Å². The molecular formula is C23H13BrN2O7. The summed E-state index contributed by atoms with van der Waals surface area (Å²) in [5, 5.41) is 10.9. The second kappa shape index (κ2) is 9.45. The Balaban J connectivity index is 1.56. The van der Waals surface area contributed by atoms with Gasteiger partial charge in [0.15, 0.2) is 11.5 Å². The van der Waals surface area contributed by atoms with Crippen molar-refractivity contribution in [2.45, 2.75) is 0 Å². The topological polar surface area (TPSA) is 121 Å². The van der Waals surface area contributed by atoms with Gasteiger partial charge in [-0.25, -0.2) is 14.6 Å². The maximum Gasteiger partial charge on any atom is 0.363 e. The second-order valence-corrected chi connectivity index (χ2v) is 7.52. The smallest absolute Gasteiger partial charge is 0.363 e. The molecule has 4 rings (SSSR count). The van der Waals surface area contributed by atoms with E-state index in [1.54, 1.807) is 36.4 Å². The van der Waals surface area contributed by atoms with E-state index in [2.05, 4.69) is 20.9 Å². The molecule has 33 heavy (non-hydrogen) atoms. The molecule has 0 fully saturated rings. The van der Waals surface area contributed by atoms with Gasteiger partial charge in [0.2, 0.25) is 0 Å². The van der Waals surface area contributed by atoms with Crippen LogP contribution in [0.1, 0.15) is 16.9 Å². The lowest BCUT2D eigenvalue weighted by atomic mass is 10.1. The number of esters is 2. The van der Waals surface area contributed by atoms with Crippen LogP contribution >= 0.6 is 15.9 Å². The van der Waals surface area contributed by atoms with Gasteiger partial charge in [-0.1, -0.05) is 28.1 Å². The quantitative estimate of drug-likeness (QED) is 0.152. The van der Waals surface area contributed by atoms with Crippen LogP contribution in [0.5, 0.6) is 5.75 Å². The van der Waals surface area contributed by atoms with E-state index in [-0.39, 0.29) is 23.0 Å². The molecule has 9 nitrogen and oxygen atoms in total. The van der Waals surface area contributed by atoms with Crippen LogP contribution in [0.3, 0.4) is 0 Å². The molecule has 1 aliphatic heterocycles. The summed E-state index contributed by atoms with van der Waals surface area (Å²) in [4.78, 5) is 39.1. The predicted molar refractivity (Wildman–Crippen MR) is 121 cm³/mol. The second-order valence-electron chi connectivity index (χ2n) is 6.60. The number of non-ortho nitro benzene ring substituents is 1. The number of ether oxygens (including phenoxy) is 2. The molecule has 0 amide bonds. The summed E-state index contributed by atoms with van der Waals surface area (Å²) in [6.45, 7) is 0. The SMILES string of the molecule is O=C(/C=C/c1cccc([N+](=O)[O-])c1)Oc1ccc(Br)cc1/C=C1/N=C(c2ccco2)OC1=O. The van der Waals surface area contributed by atoms with Gasteiger partial charge in [-0.3, -0.25) is 10.1 Å². The van der Waals surface area contributed by atoms with Crippen molar-refractivity contribution in [1.29, 1.82) is 0 Å². The van der Waals surface area contributed by atoms with Crippen LogP contribution in [0.25, 0.3) is 12.2 Å². The van der Waals surface area contributed by atoms with Gasteiger partial charge in [0, 0.05) is 28.2 Å². The molecule has 0 N–H and O–H groups in total. The number of rotatable bonds is 6. The molecule has 0 unspecified atom stereocenters. The zero-order valence-corrected chi connectivity index (χ0v) is 18.2. The maximum atomic E-state index is 12.3. The highest BCUT2D eigenvalue weighted by Crippen LogP contribution is 2.28. The van der Waals surface area contributed by atoms with Crippen LogP contribution in [0.2, 0.25) is 0 Å². The molecule has 0 atom stereocenters. The van der Waals surface area contributed by atoms with Crippen LogP contribution in [-0.2, 0) is 14.3 Å². The molecule has 10 heteroatoms. The largest absolute Gasteiger partial charge is 0.459 e. The lowest BCUT2D eigenvalue weighted by molar-refractivity contribution is -0.384. The normalized spacial score (nSPS) is 14.4. The lowest BCUT2D eigenvalue weighted by Crippen LogP contribution is -2.06. The summed E-state index contributed by atoms with van der Waals surface area (Å²) < 4.78 is 16.4. The fourth-order valence-corrected chi connectivity index (χ4v) is 3.21. The van der Waals surface area contributed by atoms with Crippen LogP contribution in [0, 0.1) is 10.1 Å². The van der Waals surface area contributed by atoms with Crippen molar-refractivity contribution in [2.75, 3.05) is 0 Å². The lowest BCUT2D eigenvalue weighted by Gasteiger charge is -2.06. The Morgan fingerprint density at radius 3 is 2.76 bits per heavy atom. The minimum atomic E-state index is -0.711. The minimum absolute atomic E-state index is 0.00364. The summed E-state index contributed by atoms with van der Waals surface area (Å²) >= 11 is 3.34. The number of nitro groups is 1. The van der Waals surface area contributed by atoms with Crippen molar-refractivity contribution in [1.82, 2.24) is 0 Å². The molecule has 0 radical (unpaired) electrons. The van der Waals surface area contributed by atoms with E-state index in [9.17, 15) is 19.7 Å². The monoisotopic (exact) mass is 508 g/mol. The Bertz CT molecular complexity index is 1340. The zero-order chi connectivity index (χ0) is 23.4. The molecule has 1 aromatic heterocycles. The molecule has 0 saturated carbocycles. The van der Waals surface area contributed by atoms with Crippen LogP contribution in [0.15, 0.2) is 86.5 Å². The molecule has 0 saturated heterocycles. The van der Waals surface area contributed by atoms with Gasteiger partial charge in [0.05, 0.1) is 11.2 Å². The first-order valence-corrected chi connectivity index (χ1v) is 10.2. The van der Waals surface area contributed by atoms with Crippen LogP contribution < -0.4 is 4.74 Å². The van der Waals surface area contributed by atoms with Gasteiger partial charge >= 0.3 is 11.9 Å². The van der Waals surface area contributed by atoms with E-state index in [1.807, 2.05) is 0 Å². The van der Waals surface area contributed by atoms with E-state index < -0.39 is 16.9 Å². The number of carbonyl (C=O) groups is 2. The molecule has 0 bridgehead atoms. The Kier molecular flexibility index (Phi) is 6.27. The highest BCUT2D eigenvalue weighted by molar-refractivity contribution is 9.10. The third kappa shape index (κ3) is 5.31. The van der Waals surface area contributed by atoms with E-state index in [0.717, 1.165) is 6.08 Å². The Morgan fingerprint density at radius 1 is 1.15 bits per heavy atom. The molecule has 1 aliphatic rings. The number of nitro benzene ring substituents is 1. The molecule has 2 heterocycles. The summed E-state index contributed by atoms with van der Waals surface area (Å²) in [6.07, 6.45) is 5.41. The number of cyclic esters (lactones) is 1. The van der Waals surface area contributed by atoms with Crippen molar-refractivity contribution in [3.8, 4) is 5.75 Å². The van der Waals surface area contributed by atoms with Crippen molar-refractivity contribution < 1.29 is 28.4 Å². The molecule has 164 valence electrons. The molecule has 3 aromatic rings.